The number of carbonyl (C=O) groups excluding carboxylic acids is 1. The molecule has 1 saturated carbocycles. The molecule has 1 N–H and O–H groups in total. The van der Waals surface area contributed by atoms with E-state index in [0.29, 0.717) is 16.1 Å². The van der Waals surface area contributed by atoms with Crippen LogP contribution in [0, 0.1) is 5.41 Å². The molecule has 2 aliphatic rings. The fourth-order valence-electron chi connectivity index (χ4n) is 4.22. The first kappa shape index (κ1) is 14.1. The number of benzene rings is 1. The van der Waals surface area contributed by atoms with E-state index in [1.54, 1.807) is 0 Å². The van der Waals surface area contributed by atoms with E-state index in [0.717, 1.165) is 24.0 Å². The number of nitrogens with one attached hydrogen (secondary N) is 1. The highest BCUT2D eigenvalue weighted by Crippen LogP contribution is 2.44. The van der Waals surface area contributed by atoms with Crippen LogP contribution in [0.3, 0.4) is 0 Å². The van der Waals surface area contributed by atoms with Crippen molar-refractivity contribution in [2.75, 3.05) is 13.1 Å². The number of para-hydroxylation sites is 1. The van der Waals surface area contributed by atoms with Crippen LogP contribution < -0.4 is 0 Å². The Balaban J connectivity index is 1.57. The first-order valence-electron chi connectivity index (χ1n) is 8.23. The molecular weight excluding hydrogens is 296 g/mol. The summed E-state index contributed by atoms with van der Waals surface area (Å²) in [4.78, 5) is 18.0. The van der Waals surface area contributed by atoms with Gasteiger partial charge in [-0.1, -0.05) is 43.0 Å². The third kappa shape index (κ3) is 2.32. The fraction of sp³-hybridized carbons (Fsp3) is 0.500. The first-order valence-corrected chi connectivity index (χ1v) is 8.61. The van der Waals surface area contributed by atoms with E-state index in [9.17, 15) is 4.79 Å². The number of fused-ring (bicyclic) bond motifs is 1. The number of halogens is 1. The van der Waals surface area contributed by atoms with Gasteiger partial charge in [0.25, 0.3) is 5.91 Å². The Bertz CT molecular complexity index is 715. The number of hydrogen-bond acceptors (Lipinski definition) is 1. The third-order valence-corrected chi connectivity index (χ3v) is 5.79. The quantitative estimate of drug-likeness (QED) is 0.819. The van der Waals surface area contributed by atoms with Gasteiger partial charge < -0.3 is 9.88 Å². The van der Waals surface area contributed by atoms with Crippen LogP contribution in [0.15, 0.2) is 24.3 Å². The van der Waals surface area contributed by atoms with Crippen molar-refractivity contribution in [1.29, 1.82) is 0 Å². The van der Waals surface area contributed by atoms with Gasteiger partial charge in [-0.05, 0) is 36.8 Å². The molecule has 1 amide bonds. The molecule has 2 fully saturated rings. The van der Waals surface area contributed by atoms with Crippen LogP contribution in [0.25, 0.3) is 10.9 Å². The van der Waals surface area contributed by atoms with Gasteiger partial charge in [0.1, 0.15) is 5.69 Å². The molecule has 22 heavy (non-hydrogen) atoms. The van der Waals surface area contributed by atoms with Crippen LogP contribution in [-0.2, 0) is 0 Å². The van der Waals surface area contributed by atoms with Crippen molar-refractivity contribution in [2.24, 2.45) is 5.41 Å². The van der Waals surface area contributed by atoms with E-state index in [1.165, 1.54) is 38.5 Å². The summed E-state index contributed by atoms with van der Waals surface area (Å²) in [6.45, 7) is 1.82. The maximum Gasteiger partial charge on any atom is 0.270 e. The lowest BCUT2D eigenvalue weighted by molar-refractivity contribution is 0.0754. The summed E-state index contributed by atoms with van der Waals surface area (Å²) >= 11 is 6.20. The summed E-state index contributed by atoms with van der Waals surface area (Å²) in [6, 6.07) is 7.68. The minimum Gasteiger partial charge on any atom is -0.349 e. The number of aromatic nitrogens is 1. The summed E-state index contributed by atoms with van der Waals surface area (Å²) < 4.78 is 0. The van der Waals surface area contributed by atoms with E-state index < -0.39 is 0 Å². The average molecular weight is 317 g/mol. The molecule has 2 heterocycles. The highest BCUT2D eigenvalue weighted by Gasteiger charge is 2.40. The van der Waals surface area contributed by atoms with Gasteiger partial charge in [0.15, 0.2) is 0 Å². The Morgan fingerprint density at radius 1 is 1.18 bits per heavy atom. The average Bonchev–Trinajstić information content (AvgIpc) is 3.13. The van der Waals surface area contributed by atoms with Gasteiger partial charge in [0.2, 0.25) is 0 Å². The lowest BCUT2D eigenvalue weighted by atomic mass is 9.73. The zero-order chi connectivity index (χ0) is 15.2. The molecule has 0 bridgehead atoms. The normalized spacial score (nSPS) is 20.9. The topological polar surface area (TPSA) is 36.1 Å². The standard InChI is InChI=1S/C18H21ClN2O/c19-14-6-4-5-13-11-15(20-16(13)14)17(22)21-10-9-18(12-21)7-2-1-3-8-18/h4-6,11,20H,1-3,7-10,12H2. The second-order valence-electron chi connectivity index (χ2n) is 6.92. The van der Waals surface area contributed by atoms with Crippen LogP contribution in [0.4, 0.5) is 0 Å². The smallest absolute Gasteiger partial charge is 0.270 e. The predicted molar refractivity (Wildman–Crippen MR) is 89.3 cm³/mol. The van der Waals surface area contributed by atoms with E-state index in [2.05, 4.69) is 4.98 Å². The Hall–Kier alpha value is -1.48. The highest BCUT2D eigenvalue weighted by molar-refractivity contribution is 6.35. The van der Waals surface area contributed by atoms with Gasteiger partial charge in [0, 0.05) is 18.5 Å². The number of nitrogens with zero attached hydrogens (tertiary/aromatic N) is 1. The lowest BCUT2D eigenvalue weighted by Gasteiger charge is -2.33. The highest BCUT2D eigenvalue weighted by atomic mass is 35.5. The van der Waals surface area contributed by atoms with Gasteiger partial charge in [-0.3, -0.25) is 4.79 Å². The van der Waals surface area contributed by atoms with Crippen LogP contribution in [0.2, 0.25) is 5.02 Å². The van der Waals surface area contributed by atoms with Crippen molar-refractivity contribution in [3.8, 4) is 0 Å². The molecule has 0 unspecified atom stereocenters. The molecule has 3 nitrogen and oxygen atoms in total. The molecule has 4 heteroatoms. The molecule has 0 radical (unpaired) electrons. The SMILES string of the molecule is O=C(c1cc2cccc(Cl)c2[nH]1)N1CCC2(CCCCC2)C1. The zero-order valence-corrected chi connectivity index (χ0v) is 13.5. The van der Waals surface area contributed by atoms with E-state index in [4.69, 9.17) is 11.6 Å². The molecule has 1 aromatic carbocycles. The third-order valence-electron chi connectivity index (χ3n) is 5.48. The summed E-state index contributed by atoms with van der Waals surface area (Å²) in [5, 5.41) is 1.67. The van der Waals surface area contributed by atoms with Crippen molar-refractivity contribution in [3.05, 3.63) is 35.0 Å². The van der Waals surface area contributed by atoms with E-state index in [1.807, 2.05) is 29.2 Å². The summed E-state index contributed by atoms with van der Waals surface area (Å²) in [6.07, 6.45) is 7.74. The van der Waals surface area contributed by atoms with E-state index in [-0.39, 0.29) is 5.91 Å². The van der Waals surface area contributed by atoms with Crippen molar-refractivity contribution in [2.45, 2.75) is 38.5 Å². The molecule has 1 aliphatic carbocycles. The second kappa shape index (κ2) is 5.31. The lowest BCUT2D eigenvalue weighted by Crippen LogP contribution is -2.33. The number of aromatic amines is 1. The maximum absolute atomic E-state index is 12.8. The Kier molecular flexibility index (Phi) is 3.41. The van der Waals surface area contributed by atoms with Gasteiger partial charge >= 0.3 is 0 Å². The number of amides is 1. The molecule has 4 rings (SSSR count). The van der Waals surface area contributed by atoms with Crippen molar-refractivity contribution < 1.29 is 4.79 Å². The fourth-order valence-corrected chi connectivity index (χ4v) is 4.45. The molecule has 116 valence electrons. The van der Waals surface area contributed by atoms with Crippen molar-refractivity contribution in [3.63, 3.8) is 0 Å². The second-order valence-corrected chi connectivity index (χ2v) is 7.33. The summed E-state index contributed by atoms with van der Waals surface area (Å²) in [7, 11) is 0. The molecule has 0 atom stereocenters. The number of rotatable bonds is 1. The van der Waals surface area contributed by atoms with Gasteiger partial charge in [-0.25, -0.2) is 0 Å². The van der Waals surface area contributed by atoms with Gasteiger partial charge in [-0.2, -0.15) is 0 Å². The molecule has 1 aliphatic heterocycles. The maximum atomic E-state index is 12.8. The summed E-state index contributed by atoms with van der Waals surface area (Å²) in [5.74, 6) is 0.120. The molecule has 1 saturated heterocycles. The van der Waals surface area contributed by atoms with Crippen molar-refractivity contribution in [1.82, 2.24) is 9.88 Å². The number of hydrogen-bond donors (Lipinski definition) is 1. The van der Waals surface area contributed by atoms with Crippen LogP contribution >= 0.6 is 11.6 Å². The van der Waals surface area contributed by atoms with Crippen LogP contribution in [0.5, 0.6) is 0 Å². The monoisotopic (exact) mass is 316 g/mol. The number of carbonyl (C=O) groups is 1. The Morgan fingerprint density at radius 3 is 2.77 bits per heavy atom. The van der Waals surface area contributed by atoms with Crippen molar-refractivity contribution >= 4 is 28.4 Å². The largest absolute Gasteiger partial charge is 0.349 e. The van der Waals surface area contributed by atoms with Gasteiger partial charge in [-0.15, -0.1) is 0 Å². The minimum atomic E-state index is 0.120. The first-order chi connectivity index (χ1) is 10.7. The zero-order valence-electron chi connectivity index (χ0n) is 12.7. The van der Waals surface area contributed by atoms with Crippen LogP contribution in [0.1, 0.15) is 49.0 Å². The molecule has 2 aromatic rings. The predicted octanol–water partition coefficient (Wildman–Crippen LogP) is 4.62. The Morgan fingerprint density at radius 2 is 2.00 bits per heavy atom. The number of H-pyrrole nitrogens is 1. The van der Waals surface area contributed by atoms with E-state index >= 15 is 0 Å². The summed E-state index contributed by atoms with van der Waals surface area (Å²) in [5.41, 5.74) is 1.92. The van der Waals surface area contributed by atoms with Crippen LogP contribution in [-0.4, -0.2) is 28.9 Å². The van der Waals surface area contributed by atoms with Gasteiger partial charge in [0.05, 0.1) is 10.5 Å². The molecule has 1 aromatic heterocycles. The minimum absolute atomic E-state index is 0.120. The molecular formula is C18H21ClN2O. The molecule has 1 spiro atoms. The Labute approximate surface area is 135 Å². The number of likely N-dealkylation sites (tertiary alicyclic amines) is 1.